The molecule has 0 aliphatic heterocycles. The quantitative estimate of drug-likeness (QED) is 0.387. The molecule has 3 amide bonds. The molecule has 0 aromatic heterocycles. The average molecular weight is 517 g/mol. The number of fused-ring (bicyclic) bond motifs is 1. The van der Waals surface area contributed by atoms with Crippen LogP contribution in [0, 0.1) is 18.3 Å². The summed E-state index contributed by atoms with van der Waals surface area (Å²) >= 11 is 0. The van der Waals surface area contributed by atoms with Gasteiger partial charge in [-0.1, -0.05) is 36.4 Å². The van der Waals surface area contributed by atoms with Crippen molar-refractivity contribution in [3.8, 4) is 11.8 Å². The Kier molecular flexibility index (Phi) is 8.58. The second-order valence-electron chi connectivity index (χ2n) is 9.99. The Bertz CT molecular complexity index is 1390. The molecule has 3 rings (SSSR count). The number of carbonyl (C=O) groups excluding carboxylic acids is 3. The summed E-state index contributed by atoms with van der Waals surface area (Å²) in [7, 11) is 0. The van der Waals surface area contributed by atoms with Crippen molar-refractivity contribution in [2.24, 2.45) is 0 Å². The second kappa shape index (κ2) is 11.6. The van der Waals surface area contributed by atoms with Crippen molar-refractivity contribution >= 4 is 34.4 Å². The van der Waals surface area contributed by atoms with Crippen molar-refractivity contribution in [1.29, 1.82) is 5.26 Å². The number of nitrogens with zero attached hydrogens (tertiary/aromatic N) is 2. The third-order valence-corrected chi connectivity index (χ3v) is 5.74. The number of phenolic OH excluding ortho intramolecular Hbond substituents is 1. The number of benzene rings is 3. The lowest BCUT2D eigenvalue weighted by Crippen LogP contribution is -2.51. The normalized spacial score (nSPS) is 12.6. The Hall–Kier alpha value is -4.58. The molecule has 0 fully saturated rings. The van der Waals surface area contributed by atoms with Gasteiger partial charge in [-0.2, -0.15) is 5.26 Å². The van der Waals surface area contributed by atoms with Gasteiger partial charge in [0.25, 0.3) is 5.91 Å². The molecule has 9 heteroatoms. The molecule has 2 unspecified atom stereocenters. The SMILES string of the molecule is Cc1cc(C(C(=O)Nc2ccc3ccccc3c2)N(CC#N)C(=O)C(C)NC(=O)OC(C)(C)C)ccc1O. The smallest absolute Gasteiger partial charge is 0.408 e. The number of rotatable bonds is 7. The van der Waals surface area contributed by atoms with Crippen LogP contribution in [-0.2, 0) is 14.3 Å². The van der Waals surface area contributed by atoms with E-state index in [1.807, 2.05) is 42.5 Å². The van der Waals surface area contributed by atoms with Gasteiger partial charge in [-0.05, 0) is 80.8 Å². The van der Waals surface area contributed by atoms with Gasteiger partial charge in [0.05, 0.1) is 6.07 Å². The van der Waals surface area contributed by atoms with E-state index in [0.29, 0.717) is 16.8 Å². The zero-order valence-electron chi connectivity index (χ0n) is 22.1. The van der Waals surface area contributed by atoms with E-state index in [-0.39, 0.29) is 5.75 Å². The minimum atomic E-state index is -1.23. The highest BCUT2D eigenvalue weighted by atomic mass is 16.6. The van der Waals surface area contributed by atoms with E-state index in [2.05, 4.69) is 10.6 Å². The lowest BCUT2D eigenvalue weighted by Gasteiger charge is -2.32. The number of carbonyl (C=O) groups is 3. The molecule has 0 aliphatic rings. The van der Waals surface area contributed by atoms with Gasteiger partial charge in [0, 0.05) is 5.69 Å². The molecule has 3 aromatic carbocycles. The minimum absolute atomic E-state index is 0.0283. The van der Waals surface area contributed by atoms with Crippen LogP contribution in [0.2, 0.25) is 0 Å². The van der Waals surface area contributed by atoms with Crippen LogP contribution in [0.3, 0.4) is 0 Å². The van der Waals surface area contributed by atoms with Gasteiger partial charge in [-0.3, -0.25) is 9.59 Å². The third kappa shape index (κ3) is 7.01. The Morgan fingerprint density at radius 2 is 1.74 bits per heavy atom. The molecule has 0 saturated heterocycles. The zero-order chi connectivity index (χ0) is 28.0. The molecule has 0 bridgehead atoms. The first-order chi connectivity index (χ1) is 17.9. The van der Waals surface area contributed by atoms with Crippen molar-refractivity contribution in [1.82, 2.24) is 10.2 Å². The highest BCUT2D eigenvalue weighted by Crippen LogP contribution is 2.28. The van der Waals surface area contributed by atoms with Gasteiger partial charge >= 0.3 is 6.09 Å². The number of nitriles is 1. The summed E-state index contributed by atoms with van der Waals surface area (Å²) in [6.45, 7) is 7.79. The summed E-state index contributed by atoms with van der Waals surface area (Å²) in [6.07, 6.45) is -0.798. The van der Waals surface area contributed by atoms with Crippen LogP contribution in [0.15, 0.2) is 60.7 Å². The zero-order valence-corrected chi connectivity index (χ0v) is 22.1. The fourth-order valence-electron chi connectivity index (χ4n) is 3.97. The fourth-order valence-corrected chi connectivity index (χ4v) is 3.97. The van der Waals surface area contributed by atoms with Gasteiger partial charge in [-0.15, -0.1) is 0 Å². The predicted octanol–water partition coefficient (Wildman–Crippen LogP) is 4.80. The third-order valence-electron chi connectivity index (χ3n) is 5.74. The van der Waals surface area contributed by atoms with Crippen LogP contribution in [0.1, 0.15) is 44.9 Å². The molecule has 0 heterocycles. The fraction of sp³-hybridized carbons (Fsp3) is 0.310. The standard InChI is InChI=1S/C29H32N4O5/c1-18-16-22(11-13-24(18)34)25(26(35)32-23-12-10-20-8-6-7-9-21(20)17-23)33(15-14-30)27(36)19(2)31-28(37)38-29(3,4)5/h6-13,16-17,19,25,34H,15H2,1-5H3,(H,31,37)(H,32,35). The van der Waals surface area contributed by atoms with Gasteiger partial charge in [0.2, 0.25) is 5.91 Å². The molecular formula is C29H32N4O5. The maximum Gasteiger partial charge on any atom is 0.408 e. The molecule has 3 aromatic rings. The number of phenols is 1. The maximum atomic E-state index is 13.7. The molecule has 198 valence electrons. The summed E-state index contributed by atoms with van der Waals surface area (Å²) in [5, 5.41) is 26.8. The van der Waals surface area contributed by atoms with E-state index in [9.17, 15) is 24.8 Å². The van der Waals surface area contributed by atoms with Gasteiger partial charge in [0.1, 0.15) is 30.0 Å². The van der Waals surface area contributed by atoms with Gasteiger partial charge < -0.3 is 25.4 Å². The van der Waals surface area contributed by atoms with Crippen LogP contribution >= 0.6 is 0 Å². The van der Waals surface area contributed by atoms with Crippen molar-refractivity contribution in [3.05, 3.63) is 71.8 Å². The molecule has 2 atom stereocenters. The Morgan fingerprint density at radius 1 is 1.05 bits per heavy atom. The molecule has 38 heavy (non-hydrogen) atoms. The van der Waals surface area contributed by atoms with Gasteiger partial charge in [0.15, 0.2) is 0 Å². The predicted molar refractivity (Wildman–Crippen MR) is 144 cm³/mol. The van der Waals surface area contributed by atoms with Crippen LogP contribution < -0.4 is 10.6 Å². The molecule has 0 spiro atoms. The first-order valence-corrected chi connectivity index (χ1v) is 12.2. The van der Waals surface area contributed by atoms with Crippen LogP contribution in [-0.4, -0.2) is 46.1 Å². The number of aromatic hydroxyl groups is 1. The first-order valence-electron chi connectivity index (χ1n) is 12.2. The molecule has 0 radical (unpaired) electrons. The summed E-state index contributed by atoms with van der Waals surface area (Å²) < 4.78 is 5.24. The summed E-state index contributed by atoms with van der Waals surface area (Å²) in [5.41, 5.74) is 0.630. The lowest BCUT2D eigenvalue weighted by atomic mass is 10.00. The topological polar surface area (TPSA) is 132 Å². The van der Waals surface area contributed by atoms with Gasteiger partial charge in [-0.25, -0.2) is 4.79 Å². The molecular weight excluding hydrogens is 484 g/mol. The number of nitrogens with one attached hydrogen (secondary N) is 2. The van der Waals surface area contributed by atoms with E-state index in [4.69, 9.17) is 4.74 Å². The van der Waals surface area contributed by atoms with Crippen molar-refractivity contribution < 1.29 is 24.2 Å². The molecule has 0 saturated carbocycles. The summed E-state index contributed by atoms with van der Waals surface area (Å²) in [5.74, 6) is -1.18. The molecule has 3 N–H and O–H groups in total. The maximum absolute atomic E-state index is 13.7. The number of aryl methyl sites for hydroxylation is 1. The minimum Gasteiger partial charge on any atom is -0.508 e. The highest BCUT2D eigenvalue weighted by molar-refractivity contribution is 6.00. The van der Waals surface area contributed by atoms with Crippen LogP contribution in [0.4, 0.5) is 10.5 Å². The second-order valence-corrected chi connectivity index (χ2v) is 9.99. The van der Waals surface area contributed by atoms with Crippen molar-refractivity contribution in [2.75, 3.05) is 11.9 Å². The average Bonchev–Trinajstić information content (AvgIpc) is 2.84. The number of alkyl carbamates (subject to hydrolysis) is 1. The Labute approximate surface area is 222 Å². The monoisotopic (exact) mass is 516 g/mol. The highest BCUT2D eigenvalue weighted by Gasteiger charge is 2.35. The van der Waals surface area contributed by atoms with E-state index < -0.39 is 42.1 Å². The van der Waals surface area contributed by atoms with Crippen LogP contribution in [0.5, 0.6) is 5.75 Å². The van der Waals surface area contributed by atoms with Crippen molar-refractivity contribution in [3.63, 3.8) is 0 Å². The number of hydrogen-bond acceptors (Lipinski definition) is 6. The summed E-state index contributed by atoms with van der Waals surface area (Å²) in [6, 6.07) is 17.3. The Morgan fingerprint density at radius 3 is 2.37 bits per heavy atom. The van der Waals surface area contributed by atoms with E-state index in [1.165, 1.54) is 19.1 Å². The molecule has 0 aliphatic carbocycles. The van der Waals surface area contributed by atoms with Crippen LogP contribution in [0.25, 0.3) is 10.8 Å². The van der Waals surface area contributed by atoms with E-state index in [1.54, 1.807) is 39.8 Å². The number of amides is 3. The molecule has 9 nitrogen and oxygen atoms in total. The van der Waals surface area contributed by atoms with E-state index in [0.717, 1.165) is 15.7 Å². The number of anilines is 1. The Balaban J connectivity index is 1.96. The first kappa shape index (κ1) is 28.0. The number of hydrogen-bond donors (Lipinski definition) is 3. The summed E-state index contributed by atoms with van der Waals surface area (Å²) in [4.78, 5) is 40.6. The van der Waals surface area contributed by atoms with E-state index >= 15 is 0 Å². The number of ether oxygens (including phenoxy) is 1. The van der Waals surface area contributed by atoms with Crippen molar-refractivity contribution in [2.45, 2.75) is 52.3 Å². The lowest BCUT2D eigenvalue weighted by molar-refractivity contribution is -0.139. The largest absolute Gasteiger partial charge is 0.508 e.